The highest BCUT2D eigenvalue weighted by Crippen LogP contribution is 2.26. The average molecular weight is 423 g/mol. The fourth-order valence-corrected chi connectivity index (χ4v) is 5.13. The molecule has 1 aliphatic heterocycles. The number of carbonyl (C=O) groups is 3. The third-order valence-electron chi connectivity index (χ3n) is 5.00. The molecule has 0 bridgehead atoms. The van der Waals surface area contributed by atoms with Crippen LogP contribution in [0.4, 0.5) is 0 Å². The molecule has 1 aromatic rings. The summed E-state index contributed by atoms with van der Waals surface area (Å²) >= 11 is 0. The van der Waals surface area contributed by atoms with E-state index in [1.54, 1.807) is 0 Å². The van der Waals surface area contributed by atoms with Crippen LogP contribution in [0, 0.1) is 11.8 Å². The minimum Gasteiger partial charge on any atom is -0.345 e. The Morgan fingerprint density at radius 1 is 0.931 bits per heavy atom. The van der Waals surface area contributed by atoms with E-state index in [-0.39, 0.29) is 16.5 Å². The molecule has 1 aromatic carbocycles. The fraction of sp³-hybridized carbons (Fsp3) is 0.526. The van der Waals surface area contributed by atoms with Crippen molar-refractivity contribution in [3.8, 4) is 0 Å². The molecule has 0 unspecified atom stereocenters. The molecule has 29 heavy (non-hydrogen) atoms. The number of carbonyl (C=O) groups excluding carboxylic acids is 3. The molecule has 2 atom stereocenters. The fourth-order valence-electron chi connectivity index (χ4n) is 3.45. The second kappa shape index (κ2) is 8.50. The van der Waals surface area contributed by atoms with Crippen LogP contribution in [0.15, 0.2) is 29.2 Å². The molecular weight excluding hydrogens is 396 g/mol. The van der Waals surface area contributed by atoms with Crippen LogP contribution >= 0.6 is 0 Å². The first-order valence-corrected chi connectivity index (χ1v) is 11.1. The van der Waals surface area contributed by atoms with Crippen molar-refractivity contribution in [1.29, 1.82) is 0 Å². The molecule has 9 nitrogen and oxygen atoms in total. The third kappa shape index (κ3) is 5.33. The van der Waals surface area contributed by atoms with Gasteiger partial charge in [-0.25, -0.2) is 8.42 Å². The van der Waals surface area contributed by atoms with Crippen molar-refractivity contribution >= 4 is 27.7 Å². The van der Waals surface area contributed by atoms with Crippen molar-refractivity contribution < 1.29 is 22.8 Å². The highest BCUT2D eigenvalue weighted by Gasteiger charge is 2.31. The maximum atomic E-state index is 12.9. The van der Waals surface area contributed by atoms with Gasteiger partial charge in [0.2, 0.25) is 10.0 Å². The molecule has 158 valence electrons. The normalized spacial score (nSPS) is 22.6. The molecular formula is C19H26N4O5S. The third-order valence-corrected chi connectivity index (χ3v) is 6.84. The predicted molar refractivity (Wildman–Crippen MR) is 105 cm³/mol. The summed E-state index contributed by atoms with van der Waals surface area (Å²) in [5.41, 5.74) is 4.35. The maximum Gasteiger partial charge on any atom is 0.327 e. The summed E-state index contributed by atoms with van der Waals surface area (Å²) < 4.78 is 27.2. The predicted octanol–water partition coefficient (Wildman–Crippen LogP) is 0.393. The maximum absolute atomic E-state index is 12.9. The second-order valence-electron chi connectivity index (χ2n) is 7.95. The molecule has 1 aliphatic carbocycles. The number of hydrogen-bond donors (Lipinski definition) is 3. The summed E-state index contributed by atoms with van der Waals surface area (Å²) in [7, 11) is -3.63. The lowest BCUT2D eigenvalue weighted by atomic mass is 9.94. The first kappa shape index (κ1) is 21.3. The number of piperidine rings is 1. The molecule has 3 rings (SSSR count). The number of hydrazine groups is 1. The Morgan fingerprint density at radius 3 is 2.07 bits per heavy atom. The monoisotopic (exact) mass is 422 g/mol. The molecule has 1 saturated carbocycles. The van der Waals surface area contributed by atoms with Crippen molar-refractivity contribution in [1.82, 2.24) is 20.5 Å². The molecule has 0 aromatic heterocycles. The van der Waals surface area contributed by atoms with Crippen LogP contribution in [-0.4, -0.2) is 49.6 Å². The molecule has 0 radical (unpaired) electrons. The lowest BCUT2D eigenvalue weighted by Crippen LogP contribution is -2.49. The van der Waals surface area contributed by atoms with Crippen molar-refractivity contribution in [2.24, 2.45) is 11.8 Å². The minimum absolute atomic E-state index is 0.0318. The summed E-state index contributed by atoms with van der Waals surface area (Å²) in [5, 5.41) is 2.50. The highest BCUT2D eigenvalue weighted by molar-refractivity contribution is 7.89. The number of amides is 3. The average Bonchev–Trinajstić information content (AvgIpc) is 3.49. The van der Waals surface area contributed by atoms with Gasteiger partial charge in [0, 0.05) is 24.7 Å². The first-order chi connectivity index (χ1) is 13.7. The van der Waals surface area contributed by atoms with Gasteiger partial charge in [-0.2, -0.15) is 4.31 Å². The first-order valence-electron chi connectivity index (χ1n) is 9.68. The summed E-state index contributed by atoms with van der Waals surface area (Å²) in [6, 6.07) is 5.51. The van der Waals surface area contributed by atoms with Gasteiger partial charge in [0.1, 0.15) is 0 Å². The zero-order chi connectivity index (χ0) is 21.2. The van der Waals surface area contributed by atoms with E-state index < -0.39 is 27.7 Å². The number of rotatable bonds is 4. The van der Waals surface area contributed by atoms with Gasteiger partial charge in [-0.3, -0.25) is 25.2 Å². The van der Waals surface area contributed by atoms with Crippen molar-refractivity contribution in [3.05, 3.63) is 29.8 Å². The van der Waals surface area contributed by atoms with E-state index in [4.69, 9.17) is 0 Å². The van der Waals surface area contributed by atoms with Gasteiger partial charge in [0.25, 0.3) is 5.91 Å². The van der Waals surface area contributed by atoms with Gasteiger partial charge in [-0.05, 0) is 55.4 Å². The van der Waals surface area contributed by atoms with E-state index in [0.29, 0.717) is 24.9 Å². The second-order valence-corrected chi connectivity index (χ2v) is 9.89. The molecule has 10 heteroatoms. The highest BCUT2D eigenvalue weighted by atomic mass is 32.2. The number of hydrogen-bond acceptors (Lipinski definition) is 5. The Kier molecular flexibility index (Phi) is 6.23. The van der Waals surface area contributed by atoms with Crippen LogP contribution in [-0.2, 0) is 19.6 Å². The molecule has 0 spiro atoms. The summed E-state index contributed by atoms with van der Waals surface area (Å²) in [5.74, 6) is -1.84. The van der Waals surface area contributed by atoms with Crippen LogP contribution in [0.3, 0.4) is 0 Å². The van der Waals surface area contributed by atoms with Crippen molar-refractivity contribution in [2.75, 3.05) is 13.1 Å². The number of sulfonamides is 1. The van der Waals surface area contributed by atoms with Gasteiger partial charge in [-0.15, -0.1) is 0 Å². The van der Waals surface area contributed by atoms with E-state index in [9.17, 15) is 22.8 Å². The smallest absolute Gasteiger partial charge is 0.327 e. The van der Waals surface area contributed by atoms with Gasteiger partial charge in [-0.1, -0.05) is 13.8 Å². The lowest BCUT2D eigenvalue weighted by molar-refractivity contribution is -0.139. The van der Waals surface area contributed by atoms with Crippen LogP contribution < -0.4 is 16.2 Å². The zero-order valence-corrected chi connectivity index (χ0v) is 17.3. The van der Waals surface area contributed by atoms with Gasteiger partial charge in [0.05, 0.1) is 4.90 Å². The van der Waals surface area contributed by atoms with E-state index in [2.05, 4.69) is 10.7 Å². The van der Waals surface area contributed by atoms with Gasteiger partial charge in [0.15, 0.2) is 0 Å². The molecule has 2 aliphatic rings. The molecule has 3 amide bonds. The van der Waals surface area contributed by atoms with E-state index in [1.165, 1.54) is 28.6 Å². The Balaban J connectivity index is 1.59. The van der Waals surface area contributed by atoms with Crippen LogP contribution in [0.5, 0.6) is 0 Å². The zero-order valence-electron chi connectivity index (χ0n) is 16.5. The van der Waals surface area contributed by atoms with Crippen LogP contribution in [0.2, 0.25) is 0 Å². The van der Waals surface area contributed by atoms with Gasteiger partial charge < -0.3 is 5.32 Å². The van der Waals surface area contributed by atoms with Crippen LogP contribution in [0.25, 0.3) is 0 Å². The van der Waals surface area contributed by atoms with E-state index in [1.807, 2.05) is 19.3 Å². The van der Waals surface area contributed by atoms with Crippen molar-refractivity contribution in [2.45, 2.75) is 44.0 Å². The molecule has 1 heterocycles. The van der Waals surface area contributed by atoms with Gasteiger partial charge >= 0.3 is 11.8 Å². The molecule has 3 N–H and O–H groups in total. The van der Waals surface area contributed by atoms with Crippen LogP contribution in [0.1, 0.15) is 43.5 Å². The van der Waals surface area contributed by atoms with E-state index >= 15 is 0 Å². The summed E-state index contributed by atoms with van der Waals surface area (Å²) in [6.45, 7) is 5.02. The topological polar surface area (TPSA) is 125 Å². The largest absolute Gasteiger partial charge is 0.345 e. The standard InChI is InChI=1S/C19H26N4O5S/c1-12-9-13(2)11-23(10-12)29(27,28)16-7-3-14(4-8-16)17(24)21-22-19(26)18(25)20-15-5-6-15/h3-4,7-8,12-13,15H,5-6,9-11H2,1-2H3,(H,20,25)(H,21,24)(H,22,26)/t12-,13+. The minimum atomic E-state index is -3.63. The molecule has 2 fully saturated rings. The quantitative estimate of drug-likeness (QED) is 0.478. The Labute approximate surface area is 170 Å². The van der Waals surface area contributed by atoms with Crippen molar-refractivity contribution in [3.63, 3.8) is 0 Å². The SMILES string of the molecule is C[C@@H]1C[C@H](C)CN(S(=O)(=O)c2ccc(C(=O)NNC(=O)C(=O)NC3CC3)cc2)C1. The van der Waals surface area contributed by atoms with E-state index in [0.717, 1.165) is 19.3 Å². The lowest BCUT2D eigenvalue weighted by Gasteiger charge is -2.34. The Morgan fingerprint density at radius 2 is 1.52 bits per heavy atom. The Bertz CT molecular complexity index is 886. The summed E-state index contributed by atoms with van der Waals surface area (Å²) in [6.07, 6.45) is 2.68. The Hall–Kier alpha value is -2.46. The number of benzene rings is 1. The summed E-state index contributed by atoms with van der Waals surface area (Å²) in [4.78, 5) is 35.4. The molecule has 1 saturated heterocycles. The number of nitrogens with zero attached hydrogens (tertiary/aromatic N) is 1. The number of nitrogens with one attached hydrogen (secondary N) is 3.